The third-order valence-corrected chi connectivity index (χ3v) is 4.25. The van der Waals surface area contributed by atoms with Crippen LogP contribution in [0, 0.1) is 11.6 Å². The highest BCUT2D eigenvalue weighted by atomic mass is 32.2. The zero-order valence-electron chi connectivity index (χ0n) is 12.1. The largest absolute Gasteiger partial charge is 0.273 e. The number of thiocarbonyl (C=S) groups is 2. The Balaban J connectivity index is 0.000000185. The van der Waals surface area contributed by atoms with Gasteiger partial charge in [-0.2, -0.15) is 4.99 Å². The lowest BCUT2D eigenvalue weighted by Crippen LogP contribution is -2.27. The molecule has 1 amide bonds. The number of amides is 1. The van der Waals surface area contributed by atoms with E-state index in [2.05, 4.69) is 22.4 Å². The number of carbonyl (C=O) groups excluding carboxylic acids is 1. The number of anilines is 1. The van der Waals surface area contributed by atoms with Crippen LogP contribution in [0.4, 0.5) is 20.2 Å². The number of halogens is 2. The van der Waals surface area contributed by atoms with Gasteiger partial charge in [0, 0.05) is 6.07 Å². The second kappa shape index (κ2) is 8.75. The van der Waals surface area contributed by atoms with Crippen LogP contribution in [0.15, 0.2) is 53.5 Å². The minimum Gasteiger partial charge on any atom is -0.273 e. The summed E-state index contributed by atoms with van der Waals surface area (Å²) >= 11 is 10.6. The standard InChI is InChI=1S/C9H6FNOS2.C7H4FNS/c10-6-2-1-3-7(4-6)11-8(12)5-14-9(11)13;8-6-2-1-3-7(4-6)9-5-10/h1-4H,5H2;1-4H. The molecule has 24 heavy (non-hydrogen) atoms. The summed E-state index contributed by atoms with van der Waals surface area (Å²) in [6.45, 7) is 0. The first-order chi connectivity index (χ1) is 11.5. The highest BCUT2D eigenvalue weighted by Gasteiger charge is 2.27. The topological polar surface area (TPSA) is 32.7 Å². The van der Waals surface area contributed by atoms with Crippen LogP contribution in [0.1, 0.15) is 0 Å². The van der Waals surface area contributed by atoms with E-state index in [0.717, 1.165) is 0 Å². The summed E-state index contributed by atoms with van der Waals surface area (Å²) in [5, 5.41) is 2.15. The van der Waals surface area contributed by atoms with Gasteiger partial charge in [0.05, 0.1) is 22.3 Å². The molecule has 0 N–H and O–H groups in total. The Morgan fingerprint density at radius 3 is 2.33 bits per heavy atom. The van der Waals surface area contributed by atoms with E-state index < -0.39 is 0 Å². The number of aliphatic imine (C=N–C) groups is 1. The van der Waals surface area contributed by atoms with Crippen molar-refractivity contribution in [3.63, 3.8) is 0 Å². The summed E-state index contributed by atoms with van der Waals surface area (Å²) in [6, 6.07) is 11.7. The Bertz CT molecular complexity index is 806. The maximum atomic E-state index is 12.9. The van der Waals surface area contributed by atoms with Gasteiger partial charge in [-0.25, -0.2) is 8.78 Å². The molecule has 1 saturated heterocycles. The molecule has 1 fully saturated rings. The van der Waals surface area contributed by atoms with Gasteiger partial charge in [0.2, 0.25) is 5.91 Å². The van der Waals surface area contributed by atoms with Crippen molar-refractivity contribution in [1.29, 1.82) is 0 Å². The Hall–Kier alpha value is -1.99. The molecule has 0 atom stereocenters. The first kappa shape index (κ1) is 18.4. The normalized spacial score (nSPS) is 13.2. The Morgan fingerprint density at radius 2 is 1.79 bits per heavy atom. The second-order valence-electron chi connectivity index (χ2n) is 4.45. The maximum Gasteiger partial charge on any atom is 0.243 e. The molecule has 0 radical (unpaired) electrons. The fourth-order valence-corrected chi connectivity index (χ4v) is 3.02. The summed E-state index contributed by atoms with van der Waals surface area (Å²) in [5.74, 6) is -0.429. The summed E-state index contributed by atoms with van der Waals surface area (Å²) in [6.07, 6.45) is 0. The minimum atomic E-state index is -0.366. The van der Waals surface area contributed by atoms with E-state index in [1.165, 1.54) is 40.9 Å². The predicted molar refractivity (Wildman–Crippen MR) is 100 cm³/mol. The van der Waals surface area contributed by atoms with Crippen LogP contribution in [-0.4, -0.2) is 21.1 Å². The van der Waals surface area contributed by atoms with Gasteiger partial charge >= 0.3 is 0 Å². The number of benzene rings is 2. The molecule has 0 bridgehead atoms. The smallest absolute Gasteiger partial charge is 0.243 e. The van der Waals surface area contributed by atoms with Crippen molar-refractivity contribution in [3.8, 4) is 0 Å². The van der Waals surface area contributed by atoms with Crippen molar-refractivity contribution >= 4 is 63.0 Å². The van der Waals surface area contributed by atoms with Gasteiger partial charge < -0.3 is 0 Å². The van der Waals surface area contributed by atoms with Gasteiger partial charge in [0.1, 0.15) is 16.0 Å². The second-order valence-corrected chi connectivity index (χ2v) is 6.24. The van der Waals surface area contributed by atoms with Crippen LogP contribution in [0.3, 0.4) is 0 Å². The number of rotatable bonds is 2. The van der Waals surface area contributed by atoms with Crippen LogP contribution in [-0.2, 0) is 4.79 Å². The average molecular weight is 380 g/mol. The lowest BCUT2D eigenvalue weighted by molar-refractivity contribution is -0.115. The first-order valence-electron chi connectivity index (χ1n) is 6.60. The van der Waals surface area contributed by atoms with Crippen LogP contribution in [0.5, 0.6) is 0 Å². The van der Waals surface area contributed by atoms with Crippen LogP contribution in [0.25, 0.3) is 0 Å². The summed E-state index contributed by atoms with van der Waals surface area (Å²) < 4.78 is 25.7. The molecule has 122 valence electrons. The third kappa shape index (κ3) is 5.01. The van der Waals surface area contributed by atoms with Crippen molar-refractivity contribution in [2.45, 2.75) is 0 Å². The summed E-state index contributed by atoms with van der Waals surface area (Å²) in [7, 11) is 0. The van der Waals surface area contributed by atoms with Gasteiger partial charge in [0.25, 0.3) is 0 Å². The number of hydrogen-bond donors (Lipinski definition) is 0. The zero-order valence-corrected chi connectivity index (χ0v) is 14.6. The van der Waals surface area contributed by atoms with E-state index in [0.29, 0.717) is 21.4 Å². The van der Waals surface area contributed by atoms with Crippen molar-refractivity contribution in [3.05, 3.63) is 60.2 Å². The molecule has 8 heteroatoms. The first-order valence-corrected chi connectivity index (χ1v) is 8.40. The minimum absolute atomic E-state index is 0.0920. The molecule has 1 heterocycles. The maximum absolute atomic E-state index is 12.9. The van der Waals surface area contributed by atoms with Crippen molar-refractivity contribution in [2.24, 2.45) is 4.99 Å². The molecule has 3 rings (SSSR count). The molecule has 3 nitrogen and oxygen atoms in total. The molecule has 0 aliphatic carbocycles. The average Bonchev–Trinajstić information content (AvgIpc) is 2.87. The fraction of sp³-hybridized carbons (Fsp3) is 0.0625. The van der Waals surface area contributed by atoms with E-state index in [-0.39, 0.29) is 17.5 Å². The molecule has 0 aromatic heterocycles. The van der Waals surface area contributed by atoms with Gasteiger partial charge in [-0.05, 0) is 42.5 Å². The Labute approximate surface area is 152 Å². The quantitative estimate of drug-likeness (QED) is 0.556. The van der Waals surface area contributed by atoms with Crippen molar-refractivity contribution in [1.82, 2.24) is 0 Å². The van der Waals surface area contributed by atoms with Gasteiger partial charge in [0.15, 0.2) is 0 Å². The Morgan fingerprint density at radius 1 is 1.12 bits per heavy atom. The lowest BCUT2D eigenvalue weighted by atomic mass is 10.3. The highest BCUT2D eigenvalue weighted by Crippen LogP contribution is 2.26. The highest BCUT2D eigenvalue weighted by molar-refractivity contribution is 8.24. The number of isothiocyanates is 1. The number of thioether (sulfide) groups is 1. The number of hydrogen-bond acceptors (Lipinski definition) is 5. The van der Waals surface area contributed by atoms with Crippen molar-refractivity contribution < 1.29 is 13.6 Å². The van der Waals surface area contributed by atoms with Crippen LogP contribution < -0.4 is 4.90 Å². The predicted octanol–water partition coefficient (Wildman–Crippen LogP) is 4.75. The van der Waals surface area contributed by atoms with E-state index in [1.54, 1.807) is 24.3 Å². The molecule has 0 saturated carbocycles. The summed E-state index contributed by atoms with van der Waals surface area (Å²) in [4.78, 5) is 16.3. The number of carbonyl (C=O) groups is 1. The lowest BCUT2D eigenvalue weighted by Gasteiger charge is -2.14. The monoisotopic (exact) mass is 380 g/mol. The van der Waals surface area contributed by atoms with Gasteiger partial charge in [-0.1, -0.05) is 36.1 Å². The third-order valence-electron chi connectivity index (χ3n) is 2.80. The molecular weight excluding hydrogens is 370 g/mol. The Kier molecular flexibility index (Phi) is 6.69. The molecule has 2 aromatic carbocycles. The molecular formula is C16H10F2N2OS3. The molecule has 0 unspecified atom stereocenters. The van der Waals surface area contributed by atoms with Crippen LogP contribution >= 0.6 is 36.2 Å². The van der Waals surface area contributed by atoms with E-state index in [1.807, 2.05) is 0 Å². The molecule has 1 aliphatic heterocycles. The van der Waals surface area contributed by atoms with Gasteiger partial charge in [-0.3, -0.25) is 9.69 Å². The molecule has 0 spiro atoms. The fourth-order valence-electron chi connectivity index (χ4n) is 1.82. The van der Waals surface area contributed by atoms with Gasteiger partial charge in [-0.15, -0.1) is 0 Å². The SMILES string of the molecule is Fc1cccc(N=C=S)c1.O=C1CSC(=S)N1c1cccc(F)c1. The zero-order chi connectivity index (χ0) is 17.5. The van der Waals surface area contributed by atoms with E-state index in [9.17, 15) is 13.6 Å². The summed E-state index contributed by atoms with van der Waals surface area (Å²) in [5.41, 5.74) is 1.00. The molecule has 2 aromatic rings. The molecule has 1 aliphatic rings. The van der Waals surface area contributed by atoms with E-state index in [4.69, 9.17) is 12.2 Å². The van der Waals surface area contributed by atoms with Crippen molar-refractivity contribution in [2.75, 3.05) is 10.7 Å². The number of nitrogens with zero attached hydrogens (tertiary/aromatic N) is 2. The van der Waals surface area contributed by atoms with E-state index >= 15 is 0 Å². The van der Waals surface area contributed by atoms with Crippen LogP contribution in [0.2, 0.25) is 0 Å².